The Bertz CT molecular complexity index is 480. The van der Waals surface area contributed by atoms with E-state index in [-0.39, 0.29) is 22.2 Å². The fourth-order valence-corrected chi connectivity index (χ4v) is 1.95. The van der Waals surface area contributed by atoms with Gasteiger partial charge in [0, 0.05) is 30.1 Å². The van der Waals surface area contributed by atoms with E-state index in [0.717, 1.165) is 0 Å². The number of carbonyl (C=O) groups is 1. The van der Waals surface area contributed by atoms with Gasteiger partial charge < -0.3 is 4.90 Å². The molecule has 104 valence electrons. The molecule has 0 aliphatic heterocycles. The van der Waals surface area contributed by atoms with Crippen LogP contribution in [0.4, 0.5) is 5.69 Å². The summed E-state index contributed by atoms with van der Waals surface area (Å²) in [6.07, 6.45) is 0.641. The summed E-state index contributed by atoms with van der Waals surface area (Å²) in [7, 11) is 0. The molecule has 0 radical (unpaired) electrons. The summed E-state index contributed by atoms with van der Waals surface area (Å²) in [6, 6.07) is 4.04. The highest BCUT2D eigenvalue weighted by Gasteiger charge is 2.24. The molecule has 0 heterocycles. The van der Waals surface area contributed by atoms with Crippen molar-refractivity contribution in [3.8, 4) is 0 Å². The molecular weight excluding hydrogens is 291 g/mol. The Labute approximate surface area is 121 Å². The van der Waals surface area contributed by atoms with Gasteiger partial charge in [0.05, 0.1) is 4.92 Å². The van der Waals surface area contributed by atoms with E-state index in [1.165, 1.54) is 23.1 Å². The summed E-state index contributed by atoms with van der Waals surface area (Å²) in [5.41, 5.74) is -0.229. The predicted molar refractivity (Wildman–Crippen MR) is 75.0 cm³/mol. The maximum atomic E-state index is 12.3. The van der Waals surface area contributed by atoms with Crippen LogP contribution in [0.1, 0.15) is 23.7 Å². The van der Waals surface area contributed by atoms with Gasteiger partial charge in [-0.05, 0) is 25.5 Å². The van der Waals surface area contributed by atoms with E-state index in [1.807, 2.05) is 6.92 Å². The van der Waals surface area contributed by atoms with Crippen LogP contribution in [-0.2, 0) is 0 Å². The van der Waals surface area contributed by atoms with Gasteiger partial charge in [-0.15, -0.1) is 11.6 Å². The van der Waals surface area contributed by atoms with Gasteiger partial charge >= 0.3 is 0 Å². The Balaban J connectivity index is 3.07. The first-order valence-electron chi connectivity index (χ1n) is 5.80. The molecule has 0 aromatic heterocycles. The fourth-order valence-electron chi connectivity index (χ4n) is 1.66. The summed E-state index contributed by atoms with van der Waals surface area (Å²) in [5.74, 6) is 0.0583. The number of hydrogen-bond donors (Lipinski definition) is 0. The average molecular weight is 305 g/mol. The first-order valence-corrected chi connectivity index (χ1v) is 6.71. The molecule has 0 aliphatic rings. The molecule has 1 aromatic rings. The SMILES string of the molecule is CCN(CCCCl)C(=O)c1ccc(Cl)cc1[N+](=O)[O-]. The largest absolute Gasteiger partial charge is 0.339 e. The van der Waals surface area contributed by atoms with Gasteiger partial charge in [0.2, 0.25) is 0 Å². The van der Waals surface area contributed by atoms with Gasteiger partial charge in [-0.2, -0.15) is 0 Å². The van der Waals surface area contributed by atoms with Crippen LogP contribution < -0.4 is 0 Å². The lowest BCUT2D eigenvalue weighted by Gasteiger charge is -2.20. The van der Waals surface area contributed by atoms with E-state index in [4.69, 9.17) is 23.2 Å². The highest BCUT2D eigenvalue weighted by atomic mass is 35.5. The van der Waals surface area contributed by atoms with Crippen LogP contribution in [-0.4, -0.2) is 34.7 Å². The molecule has 0 atom stereocenters. The zero-order valence-electron chi connectivity index (χ0n) is 10.4. The zero-order chi connectivity index (χ0) is 14.4. The molecule has 0 unspecified atom stereocenters. The number of carbonyl (C=O) groups excluding carboxylic acids is 1. The number of amides is 1. The van der Waals surface area contributed by atoms with Crippen molar-refractivity contribution < 1.29 is 9.72 Å². The average Bonchev–Trinajstić information content (AvgIpc) is 2.39. The molecule has 0 bridgehead atoms. The van der Waals surface area contributed by atoms with Gasteiger partial charge in [-0.1, -0.05) is 11.6 Å². The summed E-state index contributed by atoms with van der Waals surface area (Å²) < 4.78 is 0. The molecule has 1 aromatic carbocycles. The third kappa shape index (κ3) is 4.08. The van der Waals surface area contributed by atoms with Crippen LogP contribution in [0.2, 0.25) is 5.02 Å². The molecule has 0 aliphatic carbocycles. The summed E-state index contributed by atoms with van der Waals surface area (Å²) >= 11 is 11.3. The monoisotopic (exact) mass is 304 g/mol. The molecule has 0 fully saturated rings. The number of alkyl halides is 1. The van der Waals surface area contributed by atoms with Crippen molar-refractivity contribution in [3.63, 3.8) is 0 Å². The van der Waals surface area contributed by atoms with E-state index in [1.54, 1.807) is 0 Å². The van der Waals surface area contributed by atoms with Crippen LogP contribution in [0.5, 0.6) is 0 Å². The lowest BCUT2D eigenvalue weighted by Crippen LogP contribution is -2.32. The summed E-state index contributed by atoms with van der Waals surface area (Å²) in [5, 5.41) is 11.2. The predicted octanol–water partition coefficient (Wildman–Crippen LogP) is 3.34. The number of nitro groups is 1. The lowest BCUT2D eigenvalue weighted by atomic mass is 10.1. The van der Waals surface area contributed by atoms with Crippen LogP contribution in [0.3, 0.4) is 0 Å². The molecule has 0 saturated heterocycles. The molecule has 0 saturated carbocycles. The second-order valence-electron chi connectivity index (χ2n) is 3.85. The van der Waals surface area contributed by atoms with Crippen LogP contribution in [0.25, 0.3) is 0 Å². The van der Waals surface area contributed by atoms with Gasteiger partial charge in [0.15, 0.2) is 0 Å². The minimum absolute atomic E-state index is 0.0471. The van der Waals surface area contributed by atoms with Crippen LogP contribution in [0, 0.1) is 10.1 Å². The van der Waals surface area contributed by atoms with E-state index in [9.17, 15) is 14.9 Å². The molecular formula is C12H14Cl2N2O3. The number of benzene rings is 1. The van der Waals surface area contributed by atoms with Crippen LogP contribution in [0.15, 0.2) is 18.2 Å². The Hall–Kier alpha value is -1.33. The maximum Gasteiger partial charge on any atom is 0.283 e. The third-order valence-corrected chi connectivity index (χ3v) is 3.12. The minimum Gasteiger partial charge on any atom is -0.339 e. The maximum absolute atomic E-state index is 12.3. The molecule has 19 heavy (non-hydrogen) atoms. The smallest absolute Gasteiger partial charge is 0.283 e. The normalized spacial score (nSPS) is 10.3. The topological polar surface area (TPSA) is 63.5 Å². The molecule has 0 N–H and O–H groups in total. The quantitative estimate of drug-likeness (QED) is 0.460. The van der Waals surface area contributed by atoms with Crippen molar-refractivity contribution in [2.75, 3.05) is 19.0 Å². The molecule has 7 heteroatoms. The third-order valence-electron chi connectivity index (χ3n) is 2.62. The lowest BCUT2D eigenvalue weighted by molar-refractivity contribution is -0.385. The van der Waals surface area contributed by atoms with E-state index in [2.05, 4.69) is 0 Å². The Morgan fingerprint density at radius 2 is 2.16 bits per heavy atom. The van der Waals surface area contributed by atoms with Crippen molar-refractivity contribution in [2.24, 2.45) is 0 Å². The van der Waals surface area contributed by atoms with Gasteiger partial charge in [-0.3, -0.25) is 14.9 Å². The summed E-state index contributed by atoms with van der Waals surface area (Å²) in [4.78, 5) is 24.1. The van der Waals surface area contributed by atoms with Crippen molar-refractivity contribution in [3.05, 3.63) is 38.9 Å². The number of nitrogens with zero attached hydrogens (tertiary/aromatic N) is 2. The van der Waals surface area contributed by atoms with E-state index < -0.39 is 4.92 Å². The minimum atomic E-state index is -0.603. The molecule has 0 spiro atoms. The number of hydrogen-bond acceptors (Lipinski definition) is 3. The first-order chi connectivity index (χ1) is 9.01. The zero-order valence-corrected chi connectivity index (χ0v) is 11.9. The highest BCUT2D eigenvalue weighted by molar-refractivity contribution is 6.31. The Morgan fingerprint density at radius 3 is 2.68 bits per heavy atom. The number of nitro benzene ring substituents is 1. The van der Waals surface area contributed by atoms with Gasteiger partial charge in [0.1, 0.15) is 5.56 Å². The van der Waals surface area contributed by atoms with Crippen molar-refractivity contribution in [1.82, 2.24) is 4.90 Å². The van der Waals surface area contributed by atoms with Crippen molar-refractivity contribution in [2.45, 2.75) is 13.3 Å². The summed E-state index contributed by atoms with van der Waals surface area (Å²) in [6.45, 7) is 2.75. The van der Waals surface area contributed by atoms with Gasteiger partial charge in [-0.25, -0.2) is 0 Å². The number of halogens is 2. The van der Waals surface area contributed by atoms with Crippen LogP contribution >= 0.6 is 23.2 Å². The van der Waals surface area contributed by atoms with Crippen molar-refractivity contribution in [1.29, 1.82) is 0 Å². The number of rotatable bonds is 6. The van der Waals surface area contributed by atoms with E-state index >= 15 is 0 Å². The molecule has 1 rings (SSSR count). The Kier molecular flexibility index (Phi) is 6.05. The molecule has 5 nitrogen and oxygen atoms in total. The van der Waals surface area contributed by atoms with Crippen molar-refractivity contribution >= 4 is 34.8 Å². The first kappa shape index (κ1) is 15.7. The second kappa shape index (κ2) is 7.31. The molecule has 1 amide bonds. The van der Waals surface area contributed by atoms with E-state index in [0.29, 0.717) is 25.4 Å². The highest BCUT2D eigenvalue weighted by Crippen LogP contribution is 2.24. The van der Waals surface area contributed by atoms with Gasteiger partial charge in [0.25, 0.3) is 11.6 Å². The Morgan fingerprint density at radius 1 is 1.47 bits per heavy atom. The fraction of sp³-hybridized carbons (Fsp3) is 0.417. The second-order valence-corrected chi connectivity index (χ2v) is 4.66. The standard InChI is InChI=1S/C12H14Cl2N2O3/c1-2-15(7-3-6-13)12(17)10-5-4-9(14)8-11(10)16(18)19/h4-5,8H,2-3,6-7H2,1H3.